The Kier molecular flexibility index (Phi) is 4.66. The Bertz CT molecular complexity index is 434. The van der Waals surface area contributed by atoms with Crippen LogP contribution in [0.4, 0.5) is 4.79 Å². The fourth-order valence-corrected chi connectivity index (χ4v) is 2.69. The molecule has 0 radical (unpaired) electrons. The van der Waals surface area contributed by atoms with Crippen molar-refractivity contribution in [2.75, 3.05) is 20.2 Å². The third-order valence-corrected chi connectivity index (χ3v) is 3.61. The number of amides is 2. The molecule has 0 bridgehead atoms. The Labute approximate surface area is 114 Å². The molecule has 104 valence electrons. The van der Waals surface area contributed by atoms with Gasteiger partial charge in [-0.15, -0.1) is 0 Å². The number of likely N-dealkylation sites (tertiary alicyclic amines) is 1. The minimum absolute atomic E-state index is 0.0555. The van der Waals surface area contributed by atoms with E-state index in [1.165, 1.54) is 5.56 Å². The summed E-state index contributed by atoms with van der Waals surface area (Å²) < 4.78 is 5.38. The second kappa shape index (κ2) is 6.45. The van der Waals surface area contributed by atoms with Crippen molar-refractivity contribution < 1.29 is 9.53 Å². The molecule has 1 N–H and O–H groups in total. The molecule has 0 saturated carbocycles. The van der Waals surface area contributed by atoms with Crippen molar-refractivity contribution in [3.8, 4) is 5.75 Å². The molecule has 0 aromatic heterocycles. The highest BCUT2D eigenvalue weighted by molar-refractivity contribution is 5.74. The molecular formula is C15H22N2O2. The molecule has 0 spiro atoms. The summed E-state index contributed by atoms with van der Waals surface area (Å²) in [6, 6.07) is 8.37. The summed E-state index contributed by atoms with van der Waals surface area (Å²) in [5.74, 6) is 0.908. The maximum atomic E-state index is 12.0. The molecular weight excluding hydrogens is 240 g/mol. The number of nitrogens with zero attached hydrogens (tertiary/aromatic N) is 1. The molecule has 2 rings (SSSR count). The predicted octanol–water partition coefficient (Wildman–Crippen LogP) is 2.43. The zero-order chi connectivity index (χ0) is 13.7. The second-order valence-electron chi connectivity index (χ2n) is 4.84. The van der Waals surface area contributed by atoms with E-state index in [0.717, 1.165) is 31.6 Å². The molecule has 0 aliphatic carbocycles. The average Bonchev–Trinajstić information content (AvgIpc) is 2.88. The van der Waals surface area contributed by atoms with Crippen molar-refractivity contribution in [2.45, 2.75) is 32.2 Å². The molecule has 4 heteroatoms. The first kappa shape index (κ1) is 13.7. The topological polar surface area (TPSA) is 41.6 Å². The Morgan fingerprint density at radius 3 is 3.00 bits per heavy atom. The van der Waals surface area contributed by atoms with Crippen LogP contribution in [0.1, 0.15) is 25.3 Å². The maximum absolute atomic E-state index is 12.0. The number of urea groups is 1. The lowest BCUT2D eigenvalue weighted by atomic mass is 10.0. The highest BCUT2D eigenvalue weighted by Gasteiger charge is 2.28. The van der Waals surface area contributed by atoms with Gasteiger partial charge in [0.15, 0.2) is 0 Å². The van der Waals surface area contributed by atoms with E-state index in [1.807, 2.05) is 30.0 Å². The SMILES string of the molecule is CCNC(=O)N1CCCC1Cc1ccccc1OC. The summed E-state index contributed by atoms with van der Waals surface area (Å²) >= 11 is 0. The van der Waals surface area contributed by atoms with Gasteiger partial charge in [-0.2, -0.15) is 0 Å². The van der Waals surface area contributed by atoms with Gasteiger partial charge in [-0.05, 0) is 37.8 Å². The molecule has 1 heterocycles. The highest BCUT2D eigenvalue weighted by atomic mass is 16.5. The number of rotatable bonds is 4. The Morgan fingerprint density at radius 2 is 2.26 bits per heavy atom. The summed E-state index contributed by atoms with van der Waals surface area (Å²) in [7, 11) is 1.69. The van der Waals surface area contributed by atoms with Crippen LogP contribution in [0.15, 0.2) is 24.3 Å². The van der Waals surface area contributed by atoms with Gasteiger partial charge in [0.1, 0.15) is 5.75 Å². The van der Waals surface area contributed by atoms with Crippen LogP contribution in [0, 0.1) is 0 Å². The van der Waals surface area contributed by atoms with Crippen molar-refractivity contribution in [3.05, 3.63) is 29.8 Å². The lowest BCUT2D eigenvalue weighted by Gasteiger charge is -2.25. The van der Waals surface area contributed by atoms with Crippen molar-refractivity contribution in [2.24, 2.45) is 0 Å². The average molecular weight is 262 g/mol. The van der Waals surface area contributed by atoms with Gasteiger partial charge in [-0.3, -0.25) is 0 Å². The van der Waals surface area contributed by atoms with Crippen molar-refractivity contribution in [1.82, 2.24) is 10.2 Å². The van der Waals surface area contributed by atoms with Crippen LogP contribution >= 0.6 is 0 Å². The summed E-state index contributed by atoms with van der Waals surface area (Å²) in [5, 5.41) is 2.89. The van der Waals surface area contributed by atoms with E-state index in [-0.39, 0.29) is 12.1 Å². The standard InChI is InChI=1S/C15H22N2O2/c1-3-16-15(18)17-10-6-8-13(17)11-12-7-4-5-9-14(12)19-2/h4-5,7,9,13H,3,6,8,10-11H2,1-2H3,(H,16,18). The van der Waals surface area contributed by atoms with Gasteiger partial charge in [0, 0.05) is 19.1 Å². The lowest BCUT2D eigenvalue weighted by Crippen LogP contribution is -2.43. The minimum Gasteiger partial charge on any atom is -0.496 e. The zero-order valence-corrected chi connectivity index (χ0v) is 11.7. The Balaban J connectivity index is 2.07. The normalized spacial score (nSPS) is 18.4. The van der Waals surface area contributed by atoms with Crippen LogP contribution in [0.2, 0.25) is 0 Å². The number of hydrogen-bond acceptors (Lipinski definition) is 2. The van der Waals surface area contributed by atoms with Crippen LogP contribution in [-0.4, -0.2) is 37.2 Å². The quantitative estimate of drug-likeness (QED) is 0.905. The number of nitrogens with one attached hydrogen (secondary N) is 1. The molecule has 19 heavy (non-hydrogen) atoms. The molecule has 1 aromatic carbocycles. The van der Waals surface area contributed by atoms with E-state index in [4.69, 9.17) is 4.74 Å². The minimum atomic E-state index is 0.0555. The first-order valence-electron chi connectivity index (χ1n) is 6.92. The van der Waals surface area contributed by atoms with Gasteiger partial charge in [-0.1, -0.05) is 18.2 Å². The summed E-state index contributed by atoms with van der Waals surface area (Å²) in [4.78, 5) is 13.9. The first-order chi connectivity index (χ1) is 9.26. The van der Waals surface area contributed by atoms with E-state index < -0.39 is 0 Å². The molecule has 1 aromatic rings. The van der Waals surface area contributed by atoms with Crippen LogP contribution in [0.5, 0.6) is 5.75 Å². The van der Waals surface area contributed by atoms with Gasteiger partial charge in [0.05, 0.1) is 7.11 Å². The van der Waals surface area contributed by atoms with Gasteiger partial charge < -0.3 is 15.0 Å². The van der Waals surface area contributed by atoms with Crippen molar-refractivity contribution in [1.29, 1.82) is 0 Å². The lowest BCUT2D eigenvalue weighted by molar-refractivity contribution is 0.192. The molecule has 1 atom stereocenters. The number of para-hydroxylation sites is 1. The molecule has 1 saturated heterocycles. The van der Waals surface area contributed by atoms with E-state index >= 15 is 0 Å². The largest absolute Gasteiger partial charge is 0.496 e. The fraction of sp³-hybridized carbons (Fsp3) is 0.533. The summed E-state index contributed by atoms with van der Waals surface area (Å²) in [6.07, 6.45) is 3.01. The number of benzene rings is 1. The predicted molar refractivity (Wildman–Crippen MR) is 75.5 cm³/mol. The molecule has 4 nitrogen and oxygen atoms in total. The Hall–Kier alpha value is -1.71. The molecule has 1 aliphatic heterocycles. The van der Waals surface area contributed by atoms with Gasteiger partial charge >= 0.3 is 6.03 Å². The fourth-order valence-electron chi connectivity index (χ4n) is 2.69. The van der Waals surface area contributed by atoms with E-state index in [9.17, 15) is 4.79 Å². The van der Waals surface area contributed by atoms with Gasteiger partial charge in [0.25, 0.3) is 0 Å². The highest BCUT2D eigenvalue weighted by Crippen LogP contribution is 2.25. The number of carbonyl (C=O) groups excluding carboxylic acids is 1. The molecule has 1 aliphatic rings. The van der Waals surface area contributed by atoms with Crippen LogP contribution in [0.3, 0.4) is 0 Å². The van der Waals surface area contributed by atoms with Crippen LogP contribution in [0.25, 0.3) is 0 Å². The van der Waals surface area contributed by atoms with E-state index in [1.54, 1.807) is 7.11 Å². The Morgan fingerprint density at radius 1 is 1.47 bits per heavy atom. The number of carbonyl (C=O) groups is 1. The number of methoxy groups -OCH3 is 1. The number of ether oxygens (including phenoxy) is 1. The van der Waals surface area contributed by atoms with Gasteiger partial charge in [-0.25, -0.2) is 4.79 Å². The maximum Gasteiger partial charge on any atom is 0.317 e. The number of hydrogen-bond donors (Lipinski definition) is 1. The smallest absolute Gasteiger partial charge is 0.317 e. The van der Waals surface area contributed by atoms with Crippen LogP contribution < -0.4 is 10.1 Å². The van der Waals surface area contributed by atoms with Gasteiger partial charge in [0.2, 0.25) is 0 Å². The summed E-state index contributed by atoms with van der Waals surface area (Å²) in [6.45, 7) is 3.48. The van der Waals surface area contributed by atoms with Crippen molar-refractivity contribution in [3.63, 3.8) is 0 Å². The molecule has 2 amide bonds. The third-order valence-electron chi connectivity index (χ3n) is 3.61. The molecule has 1 fully saturated rings. The first-order valence-corrected chi connectivity index (χ1v) is 6.92. The summed E-state index contributed by atoms with van der Waals surface area (Å²) in [5.41, 5.74) is 1.17. The third kappa shape index (κ3) is 3.19. The van der Waals surface area contributed by atoms with E-state index in [0.29, 0.717) is 6.54 Å². The monoisotopic (exact) mass is 262 g/mol. The van der Waals surface area contributed by atoms with Crippen LogP contribution in [-0.2, 0) is 6.42 Å². The van der Waals surface area contributed by atoms with E-state index in [2.05, 4.69) is 11.4 Å². The molecule has 1 unspecified atom stereocenters. The zero-order valence-electron chi connectivity index (χ0n) is 11.7. The van der Waals surface area contributed by atoms with Crippen molar-refractivity contribution >= 4 is 6.03 Å². The second-order valence-corrected chi connectivity index (χ2v) is 4.84.